The quantitative estimate of drug-likeness (QED) is 0.0388. The van der Waals surface area contributed by atoms with Gasteiger partial charge >= 0.3 is 11.9 Å². The van der Waals surface area contributed by atoms with Crippen LogP contribution in [-0.2, 0) is 23.8 Å². The van der Waals surface area contributed by atoms with E-state index >= 15 is 0 Å². The summed E-state index contributed by atoms with van der Waals surface area (Å²) in [6, 6.07) is 0. The SMILES string of the molecule is CC/C=C\C/C=C\C/C=C\C/C=C\C/C=C\C/C=C\CCC(=O)OCC(COCCCCCCCC)OC(=O)CCCCCCCCC. The number of rotatable bonds is 34. The van der Waals surface area contributed by atoms with E-state index < -0.39 is 6.10 Å². The molecule has 0 aromatic heterocycles. The molecule has 0 fully saturated rings. The van der Waals surface area contributed by atoms with Crippen molar-refractivity contribution >= 4 is 11.9 Å². The molecule has 0 amide bonds. The lowest BCUT2D eigenvalue weighted by Crippen LogP contribution is -2.30. The average molecular weight is 669 g/mol. The molecule has 0 aromatic carbocycles. The number of hydrogen-bond donors (Lipinski definition) is 0. The molecule has 1 atom stereocenters. The Kier molecular flexibility index (Phi) is 36.6. The molecule has 5 nitrogen and oxygen atoms in total. The number of carbonyl (C=O) groups is 2. The van der Waals surface area contributed by atoms with E-state index in [9.17, 15) is 9.59 Å². The standard InChI is InChI=1S/C43H72O5/c1-4-7-10-13-16-17-18-19-20-21-22-23-24-25-26-27-29-30-33-36-42(44)47-40-41(39-46-38-35-32-15-12-9-6-3)48-43(45)37-34-31-28-14-11-8-5-2/h7,10,16-17,19-20,22-23,25-26,29-30,41H,4-6,8-9,11-15,18,21,24,27-28,31-40H2,1-3H3/b10-7-,17-16-,20-19-,23-22-,26-25-,30-29-. The summed E-state index contributed by atoms with van der Waals surface area (Å²) in [7, 11) is 0. The van der Waals surface area contributed by atoms with Crippen LogP contribution in [0.25, 0.3) is 0 Å². The Morgan fingerprint density at radius 1 is 0.479 bits per heavy atom. The van der Waals surface area contributed by atoms with Crippen LogP contribution in [0.15, 0.2) is 72.9 Å². The molecule has 0 saturated carbocycles. The monoisotopic (exact) mass is 669 g/mol. The maximum Gasteiger partial charge on any atom is 0.306 e. The zero-order chi connectivity index (χ0) is 35.0. The fourth-order valence-electron chi connectivity index (χ4n) is 4.89. The Morgan fingerprint density at radius 2 is 0.938 bits per heavy atom. The lowest BCUT2D eigenvalue weighted by Gasteiger charge is -2.18. The topological polar surface area (TPSA) is 61.8 Å². The van der Waals surface area contributed by atoms with Crippen LogP contribution in [0.4, 0.5) is 0 Å². The zero-order valence-corrected chi connectivity index (χ0v) is 31.2. The summed E-state index contributed by atoms with van der Waals surface area (Å²) in [5, 5.41) is 0. The molecule has 1 unspecified atom stereocenters. The van der Waals surface area contributed by atoms with Crippen LogP contribution in [0.3, 0.4) is 0 Å². The second kappa shape index (κ2) is 38.8. The smallest absolute Gasteiger partial charge is 0.306 e. The normalized spacial score (nSPS) is 13.0. The minimum atomic E-state index is -0.558. The van der Waals surface area contributed by atoms with Crippen molar-refractivity contribution < 1.29 is 23.8 Å². The van der Waals surface area contributed by atoms with Crippen molar-refractivity contribution in [3.8, 4) is 0 Å². The first-order valence-corrected chi connectivity index (χ1v) is 19.5. The number of esters is 2. The molecule has 0 rings (SSSR count). The molecular formula is C43H72O5. The molecule has 0 bridgehead atoms. The van der Waals surface area contributed by atoms with Gasteiger partial charge in [0.25, 0.3) is 0 Å². The number of allylic oxidation sites excluding steroid dienone is 12. The molecule has 48 heavy (non-hydrogen) atoms. The summed E-state index contributed by atoms with van der Waals surface area (Å²) < 4.78 is 17.0. The molecule has 0 aliphatic heterocycles. The maximum atomic E-state index is 12.5. The summed E-state index contributed by atoms with van der Waals surface area (Å²) in [6.45, 7) is 7.53. The van der Waals surface area contributed by atoms with Crippen molar-refractivity contribution in [2.75, 3.05) is 19.8 Å². The van der Waals surface area contributed by atoms with Gasteiger partial charge in [0, 0.05) is 19.4 Å². The van der Waals surface area contributed by atoms with Crippen molar-refractivity contribution in [2.45, 2.75) is 168 Å². The first-order chi connectivity index (χ1) is 23.6. The summed E-state index contributed by atoms with van der Waals surface area (Å²) >= 11 is 0. The molecule has 0 aromatic rings. The van der Waals surface area contributed by atoms with Gasteiger partial charge < -0.3 is 14.2 Å². The van der Waals surface area contributed by atoms with Gasteiger partial charge in [-0.05, 0) is 57.8 Å². The van der Waals surface area contributed by atoms with Gasteiger partial charge in [-0.2, -0.15) is 0 Å². The van der Waals surface area contributed by atoms with Gasteiger partial charge in [0.05, 0.1) is 6.61 Å². The van der Waals surface area contributed by atoms with Crippen molar-refractivity contribution in [3.05, 3.63) is 72.9 Å². The van der Waals surface area contributed by atoms with Gasteiger partial charge in [-0.25, -0.2) is 0 Å². The highest BCUT2D eigenvalue weighted by atomic mass is 16.6. The van der Waals surface area contributed by atoms with Gasteiger partial charge in [-0.3, -0.25) is 9.59 Å². The van der Waals surface area contributed by atoms with Gasteiger partial charge in [0.15, 0.2) is 6.10 Å². The highest BCUT2D eigenvalue weighted by Gasteiger charge is 2.17. The van der Waals surface area contributed by atoms with E-state index in [0.29, 0.717) is 25.9 Å². The lowest BCUT2D eigenvalue weighted by molar-refractivity contribution is -0.162. The molecule has 274 valence electrons. The fraction of sp³-hybridized carbons (Fsp3) is 0.674. The molecule has 5 heteroatoms. The molecule has 0 radical (unpaired) electrons. The maximum absolute atomic E-state index is 12.5. The van der Waals surface area contributed by atoms with Crippen LogP contribution in [0.5, 0.6) is 0 Å². The van der Waals surface area contributed by atoms with Crippen molar-refractivity contribution in [2.24, 2.45) is 0 Å². The molecular weight excluding hydrogens is 596 g/mol. The van der Waals surface area contributed by atoms with E-state index in [1.807, 2.05) is 6.08 Å². The van der Waals surface area contributed by atoms with Gasteiger partial charge in [-0.15, -0.1) is 0 Å². The Bertz CT molecular complexity index is 895. The summed E-state index contributed by atoms with van der Waals surface area (Å²) in [5.74, 6) is -0.510. The van der Waals surface area contributed by atoms with E-state index in [2.05, 4.69) is 87.6 Å². The van der Waals surface area contributed by atoms with E-state index in [-0.39, 0.29) is 25.2 Å². The zero-order valence-electron chi connectivity index (χ0n) is 31.2. The third-order valence-corrected chi connectivity index (χ3v) is 7.77. The number of unbranched alkanes of at least 4 members (excludes halogenated alkanes) is 11. The lowest BCUT2D eigenvalue weighted by atomic mass is 10.1. The second-order valence-corrected chi connectivity index (χ2v) is 12.5. The molecule has 0 aliphatic carbocycles. The Hall–Kier alpha value is -2.66. The molecule has 0 N–H and O–H groups in total. The molecule has 0 spiro atoms. The van der Waals surface area contributed by atoms with Crippen molar-refractivity contribution in [1.29, 1.82) is 0 Å². The minimum absolute atomic E-state index is 0.0435. The number of hydrogen-bond acceptors (Lipinski definition) is 5. The Labute approximate surface area is 296 Å². The van der Waals surface area contributed by atoms with Gasteiger partial charge in [0.1, 0.15) is 6.61 Å². The van der Waals surface area contributed by atoms with E-state index in [4.69, 9.17) is 14.2 Å². The minimum Gasteiger partial charge on any atom is -0.462 e. The van der Waals surface area contributed by atoms with E-state index in [1.165, 1.54) is 51.4 Å². The third kappa shape index (κ3) is 36.2. The van der Waals surface area contributed by atoms with E-state index in [1.54, 1.807) is 0 Å². The van der Waals surface area contributed by atoms with Crippen molar-refractivity contribution in [1.82, 2.24) is 0 Å². The molecule has 0 saturated heterocycles. The van der Waals surface area contributed by atoms with Crippen LogP contribution in [0.2, 0.25) is 0 Å². The summed E-state index contributed by atoms with van der Waals surface area (Å²) in [4.78, 5) is 24.9. The number of carbonyl (C=O) groups excluding carboxylic acids is 2. The first kappa shape index (κ1) is 45.3. The second-order valence-electron chi connectivity index (χ2n) is 12.5. The Balaban J connectivity index is 4.23. The Morgan fingerprint density at radius 3 is 1.46 bits per heavy atom. The van der Waals surface area contributed by atoms with Crippen LogP contribution in [0.1, 0.15) is 162 Å². The summed E-state index contributed by atoms with van der Waals surface area (Å²) in [6.07, 6.45) is 47.8. The predicted molar refractivity (Wildman–Crippen MR) is 205 cm³/mol. The largest absolute Gasteiger partial charge is 0.462 e. The van der Waals surface area contributed by atoms with E-state index in [0.717, 1.165) is 70.6 Å². The highest BCUT2D eigenvalue weighted by Crippen LogP contribution is 2.11. The van der Waals surface area contributed by atoms with Crippen molar-refractivity contribution in [3.63, 3.8) is 0 Å². The van der Waals surface area contributed by atoms with Crippen LogP contribution in [0, 0.1) is 0 Å². The van der Waals surface area contributed by atoms with Crippen LogP contribution in [-0.4, -0.2) is 37.9 Å². The van der Waals surface area contributed by atoms with Gasteiger partial charge in [0.2, 0.25) is 0 Å². The van der Waals surface area contributed by atoms with Crippen LogP contribution < -0.4 is 0 Å². The third-order valence-electron chi connectivity index (χ3n) is 7.77. The predicted octanol–water partition coefficient (Wildman–Crippen LogP) is 12.4. The fourth-order valence-corrected chi connectivity index (χ4v) is 4.89. The molecule has 0 aliphatic rings. The van der Waals surface area contributed by atoms with Gasteiger partial charge in [-0.1, -0.05) is 164 Å². The molecule has 0 heterocycles. The highest BCUT2D eigenvalue weighted by molar-refractivity contribution is 5.70. The first-order valence-electron chi connectivity index (χ1n) is 19.5. The summed E-state index contributed by atoms with van der Waals surface area (Å²) in [5.41, 5.74) is 0. The van der Waals surface area contributed by atoms with Crippen LogP contribution >= 0.6 is 0 Å². The number of ether oxygens (including phenoxy) is 3. The average Bonchev–Trinajstić information content (AvgIpc) is 3.08.